The van der Waals surface area contributed by atoms with Crippen molar-refractivity contribution in [3.05, 3.63) is 84.9 Å². The van der Waals surface area contributed by atoms with Gasteiger partial charge in [-0.2, -0.15) is 0 Å². The van der Waals surface area contributed by atoms with Crippen LogP contribution in [0.4, 0.5) is 0 Å². The average Bonchev–Trinajstić information content (AvgIpc) is 2.90. The van der Waals surface area contributed by atoms with E-state index in [2.05, 4.69) is 54.6 Å². The van der Waals surface area contributed by atoms with E-state index in [0.29, 0.717) is 0 Å². The van der Waals surface area contributed by atoms with Gasteiger partial charge < -0.3 is 0 Å². The van der Waals surface area contributed by atoms with Crippen molar-refractivity contribution in [2.75, 3.05) is 0 Å². The lowest BCUT2D eigenvalue weighted by molar-refractivity contribution is 1.32. The summed E-state index contributed by atoms with van der Waals surface area (Å²) >= 11 is 6.66. The molecule has 0 spiro atoms. The third kappa shape index (κ3) is 2.02. The molecule has 0 N–H and O–H groups in total. The second-order valence-corrected chi connectivity index (χ2v) is 5.59. The summed E-state index contributed by atoms with van der Waals surface area (Å²) in [5.41, 5.74) is 5.54. The van der Waals surface area contributed by atoms with E-state index in [1.165, 1.54) is 16.5 Å². The Morgan fingerprint density at radius 2 is 1.14 bits per heavy atom. The highest BCUT2D eigenvalue weighted by molar-refractivity contribution is 6.24. The van der Waals surface area contributed by atoms with Crippen molar-refractivity contribution in [2.24, 2.45) is 0 Å². The van der Waals surface area contributed by atoms with Crippen LogP contribution in [-0.4, -0.2) is 4.09 Å². The Bertz CT molecular complexity index is 924. The van der Waals surface area contributed by atoms with Crippen LogP contribution in [-0.2, 0) is 0 Å². The maximum Gasteiger partial charge on any atom is 0.0739 e. The van der Waals surface area contributed by atoms with Crippen LogP contribution in [0.25, 0.3) is 33.3 Å². The molecule has 0 saturated carbocycles. The molecule has 3 aromatic carbocycles. The lowest BCUT2D eigenvalue weighted by Gasteiger charge is -2.07. The van der Waals surface area contributed by atoms with E-state index in [9.17, 15) is 0 Å². The van der Waals surface area contributed by atoms with Crippen LogP contribution in [0.5, 0.6) is 0 Å². The first-order valence-electron chi connectivity index (χ1n) is 7.26. The van der Waals surface area contributed by atoms with Gasteiger partial charge in [0.05, 0.1) is 11.2 Å². The smallest absolute Gasteiger partial charge is 0.0739 e. The molecule has 4 rings (SSSR count). The van der Waals surface area contributed by atoms with Gasteiger partial charge in [-0.05, 0) is 11.6 Å². The summed E-state index contributed by atoms with van der Waals surface area (Å²) in [6.07, 6.45) is 0. The Hall–Kier alpha value is -2.51. The molecule has 0 saturated heterocycles. The fraction of sp³-hybridized carbons (Fsp3) is 0. The highest BCUT2D eigenvalue weighted by Gasteiger charge is 2.18. The van der Waals surface area contributed by atoms with Gasteiger partial charge in [0.15, 0.2) is 0 Å². The standard InChI is InChI=1S/C20H14ClN/c21-22-18-14-8-7-13-17(18)19(15-9-3-1-4-10-15)20(22)16-11-5-2-6-12-16/h1-14H. The second kappa shape index (κ2) is 5.36. The van der Waals surface area contributed by atoms with E-state index in [0.717, 1.165) is 16.8 Å². The lowest BCUT2D eigenvalue weighted by Crippen LogP contribution is -1.87. The minimum atomic E-state index is 1.03. The molecule has 2 heteroatoms. The third-order valence-electron chi connectivity index (χ3n) is 3.93. The fourth-order valence-corrected chi connectivity index (χ4v) is 3.28. The van der Waals surface area contributed by atoms with E-state index in [4.69, 9.17) is 11.8 Å². The van der Waals surface area contributed by atoms with Crippen LogP contribution in [0, 0.1) is 0 Å². The number of para-hydroxylation sites is 1. The number of halogens is 1. The Labute approximate surface area is 134 Å². The second-order valence-electron chi connectivity index (χ2n) is 5.25. The van der Waals surface area contributed by atoms with Gasteiger partial charge in [-0.15, -0.1) is 0 Å². The molecule has 0 aliphatic rings. The molecule has 4 aromatic rings. The van der Waals surface area contributed by atoms with Gasteiger partial charge in [0, 0.05) is 28.3 Å². The Balaban J connectivity index is 2.14. The topological polar surface area (TPSA) is 4.93 Å². The average molecular weight is 304 g/mol. The predicted octanol–water partition coefficient (Wildman–Crippen LogP) is 5.98. The molecule has 0 amide bonds. The van der Waals surface area contributed by atoms with Crippen molar-refractivity contribution in [1.29, 1.82) is 0 Å². The fourth-order valence-electron chi connectivity index (χ4n) is 2.95. The van der Waals surface area contributed by atoms with Crippen molar-refractivity contribution < 1.29 is 0 Å². The summed E-state index contributed by atoms with van der Waals surface area (Å²) in [7, 11) is 0. The number of hydrogen-bond acceptors (Lipinski definition) is 0. The van der Waals surface area contributed by atoms with Gasteiger partial charge >= 0.3 is 0 Å². The van der Waals surface area contributed by atoms with E-state index < -0.39 is 0 Å². The summed E-state index contributed by atoms with van der Waals surface area (Å²) in [6, 6.07) is 29.0. The van der Waals surface area contributed by atoms with Crippen LogP contribution < -0.4 is 0 Å². The minimum absolute atomic E-state index is 1.03. The maximum absolute atomic E-state index is 6.66. The summed E-state index contributed by atoms with van der Waals surface area (Å²) in [5.74, 6) is 0. The molecule has 0 radical (unpaired) electrons. The molecule has 1 aromatic heterocycles. The molecule has 0 aliphatic heterocycles. The number of fused-ring (bicyclic) bond motifs is 1. The summed E-state index contributed by atoms with van der Waals surface area (Å²) in [4.78, 5) is 0. The molecule has 1 heterocycles. The third-order valence-corrected chi connectivity index (χ3v) is 4.28. The number of aromatic nitrogens is 1. The quantitative estimate of drug-likeness (QED) is 0.429. The SMILES string of the molecule is Cln1c(-c2ccccc2)c(-c2ccccc2)c2ccccc21. The van der Waals surface area contributed by atoms with Crippen LogP contribution in [0.1, 0.15) is 0 Å². The molecule has 0 bridgehead atoms. The first-order chi connectivity index (χ1) is 10.9. The number of rotatable bonds is 2. The van der Waals surface area contributed by atoms with E-state index >= 15 is 0 Å². The maximum atomic E-state index is 6.66. The van der Waals surface area contributed by atoms with Crippen LogP contribution in [0.15, 0.2) is 84.9 Å². The van der Waals surface area contributed by atoms with Crippen molar-refractivity contribution in [3.8, 4) is 22.4 Å². The van der Waals surface area contributed by atoms with Crippen molar-refractivity contribution in [3.63, 3.8) is 0 Å². The van der Waals surface area contributed by atoms with Crippen LogP contribution in [0.2, 0.25) is 0 Å². The Morgan fingerprint density at radius 1 is 0.591 bits per heavy atom. The molecule has 22 heavy (non-hydrogen) atoms. The summed E-state index contributed by atoms with van der Waals surface area (Å²) in [6.45, 7) is 0. The van der Waals surface area contributed by atoms with Crippen LogP contribution >= 0.6 is 11.8 Å². The van der Waals surface area contributed by atoms with Gasteiger partial charge in [0.25, 0.3) is 0 Å². The molecule has 0 atom stereocenters. The van der Waals surface area contributed by atoms with Gasteiger partial charge in [0.1, 0.15) is 0 Å². The number of nitrogens with zero attached hydrogens (tertiary/aromatic N) is 1. The molecule has 0 unspecified atom stereocenters. The number of hydrogen-bond donors (Lipinski definition) is 0. The van der Waals surface area contributed by atoms with Crippen LogP contribution in [0.3, 0.4) is 0 Å². The lowest BCUT2D eigenvalue weighted by atomic mass is 9.98. The zero-order valence-corrected chi connectivity index (χ0v) is 12.7. The predicted molar refractivity (Wildman–Crippen MR) is 94.1 cm³/mol. The van der Waals surface area contributed by atoms with Crippen molar-refractivity contribution in [2.45, 2.75) is 0 Å². The summed E-state index contributed by atoms with van der Waals surface area (Å²) in [5, 5.41) is 1.17. The highest BCUT2D eigenvalue weighted by atomic mass is 35.5. The molecule has 0 aliphatic carbocycles. The van der Waals surface area contributed by atoms with Crippen molar-refractivity contribution in [1.82, 2.24) is 4.09 Å². The molecular formula is C20H14ClN. The van der Waals surface area contributed by atoms with E-state index in [1.54, 1.807) is 4.09 Å². The molecular weight excluding hydrogens is 290 g/mol. The molecule has 1 nitrogen and oxygen atoms in total. The Morgan fingerprint density at radius 3 is 1.82 bits per heavy atom. The first-order valence-corrected chi connectivity index (χ1v) is 7.60. The van der Waals surface area contributed by atoms with E-state index in [1.807, 2.05) is 30.3 Å². The molecule has 0 fully saturated rings. The molecule has 106 valence electrons. The zero-order chi connectivity index (χ0) is 14.9. The van der Waals surface area contributed by atoms with Crippen molar-refractivity contribution >= 4 is 22.7 Å². The number of benzene rings is 3. The highest BCUT2D eigenvalue weighted by Crippen LogP contribution is 2.41. The van der Waals surface area contributed by atoms with E-state index in [-0.39, 0.29) is 0 Å². The minimum Gasteiger partial charge on any atom is -0.252 e. The Kier molecular flexibility index (Phi) is 3.21. The normalized spacial score (nSPS) is 11.0. The summed E-state index contributed by atoms with van der Waals surface area (Å²) < 4.78 is 1.77. The van der Waals surface area contributed by atoms with Gasteiger partial charge in [-0.3, -0.25) is 4.09 Å². The van der Waals surface area contributed by atoms with Gasteiger partial charge in [-0.1, -0.05) is 78.9 Å². The monoisotopic (exact) mass is 303 g/mol. The van der Waals surface area contributed by atoms with Gasteiger partial charge in [0.2, 0.25) is 0 Å². The van der Waals surface area contributed by atoms with Gasteiger partial charge in [-0.25, -0.2) is 0 Å². The zero-order valence-electron chi connectivity index (χ0n) is 11.9. The first kappa shape index (κ1) is 13.2. The largest absolute Gasteiger partial charge is 0.252 e.